The van der Waals surface area contributed by atoms with Crippen molar-refractivity contribution in [2.45, 2.75) is 38.5 Å². The molecule has 0 atom stereocenters. The Kier molecular flexibility index (Phi) is 8.12. The molecule has 2 aliphatic rings. The number of para-hydroxylation sites is 2. The summed E-state index contributed by atoms with van der Waals surface area (Å²) in [5.74, 6) is 0. The topological polar surface area (TPSA) is 6.48 Å². The van der Waals surface area contributed by atoms with Gasteiger partial charge in [0.05, 0.1) is 11.4 Å². The molecule has 0 aliphatic heterocycles. The van der Waals surface area contributed by atoms with Crippen LogP contribution in [-0.2, 0) is 10.8 Å². The van der Waals surface area contributed by atoms with E-state index >= 15 is 0 Å². The van der Waals surface area contributed by atoms with E-state index in [0.717, 1.165) is 22.7 Å². The molecule has 0 unspecified atom stereocenters. The summed E-state index contributed by atoms with van der Waals surface area (Å²) in [4.78, 5) is 4.89. The fourth-order valence-electron chi connectivity index (χ4n) is 12.8. The van der Waals surface area contributed by atoms with Crippen molar-refractivity contribution in [3.8, 4) is 22.3 Å². The van der Waals surface area contributed by atoms with Crippen molar-refractivity contribution >= 4 is 88.0 Å². The molecule has 12 aromatic carbocycles. The summed E-state index contributed by atoms with van der Waals surface area (Å²) in [6, 6.07) is 81.3. The summed E-state index contributed by atoms with van der Waals surface area (Å²) in [7, 11) is 0. The van der Waals surface area contributed by atoms with Gasteiger partial charge < -0.3 is 9.80 Å². The van der Waals surface area contributed by atoms with E-state index in [1.54, 1.807) is 0 Å². The SMILES string of the molecule is CC1(C)c2cc(N(c3ccccc3)c3cccc4ccccc34)ccc2-c2c1c1cccc3c4c(c5cccc2c5c31)C(C)(C)c1cc(N(c2ccccc2)c2cccc3ccccc23)ccc1-4. The van der Waals surface area contributed by atoms with Gasteiger partial charge in [-0.25, -0.2) is 0 Å². The molecule has 322 valence electrons. The summed E-state index contributed by atoms with van der Waals surface area (Å²) in [5.41, 5.74) is 17.4. The fraction of sp³-hybridized carbons (Fsp3) is 0.0909. The maximum atomic E-state index is 2.49. The standard InChI is InChI=1S/C66H48N2/c1-65(2)55-39-45(67(43-23-7-5-8-24-43)57-33-15-21-41-19-11-13-27-47(41)57)35-37-49(55)61-51-29-18-32-54-60(51)59-52(30-17-31-53(59)63(61)65)62-50-38-36-46(40-56(50)66(3,4)64(54)62)68(44-25-9-6-10-26-44)58-34-16-22-42-20-12-14-28-48(42)58/h5-40H,1-4H3. The Morgan fingerprint density at radius 3 is 1.09 bits per heavy atom. The summed E-state index contributed by atoms with van der Waals surface area (Å²) >= 11 is 0. The van der Waals surface area contributed by atoms with Gasteiger partial charge in [0.15, 0.2) is 0 Å². The van der Waals surface area contributed by atoms with Gasteiger partial charge in [-0.05, 0) is 148 Å². The van der Waals surface area contributed by atoms with E-state index in [2.05, 4.69) is 256 Å². The second-order valence-electron chi connectivity index (χ2n) is 20.0. The van der Waals surface area contributed by atoms with Crippen LogP contribution in [0.15, 0.2) is 218 Å². The summed E-state index contributed by atoms with van der Waals surface area (Å²) < 4.78 is 0. The van der Waals surface area contributed by atoms with Crippen molar-refractivity contribution in [2.75, 3.05) is 9.80 Å². The van der Waals surface area contributed by atoms with Crippen LogP contribution in [-0.4, -0.2) is 0 Å². The van der Waals surface area contributed by atoms with Crippen LogP contribution in [0, 0.1) is 0 Å². The van der Waals surface area contributed by atoms with Crippen molar-refractivity contribution < 1.29 is 0 Å². The highest BCUT2D eigenvalue weighted by Crippen LogP contribution is 2.61. The number of hydrogen-bond donors (Lipinski definition) is 0. The molecule has 0 spiro atoms. The minimum absolute atomic E-state index is 0.274. The molecule has 2 aliphatic carbocycles. The first kappa shape index (κ1) is 39.0. The molecule has 0 amide bonds. The Bertz CT molecular complexity index is 3760. The lowest BCUT2D eigenvalue weighted by Crippen LogP contribution is -2.18. The Hall–Kier alpha value is -8.20. The summed E-state index contributed by atoms with van der Waals surface area (Å²) in [5, 5.41) is 13.1. The summed E-state index contributed by atoms with van der Waals surface area (Å²) in [6.45, 7) is 9.81. The van der Waals surface area contributed by atoms with E-state index in [1.165, 1.54) is 110 Å². The van der Waals surface area contributed by atoms with Crippen LogP contribution in [0.1, 0.15) is 49.9 Å². The Balaban J connectivity index is 0.979. The number of nitrogens with zero attached hydrogens (tertiary/aromatic N) is 2. The lowest BCUT2D eigenvalue weighted by atomic mass is 9.75. The fourth-order valence-corrected chi connectivity index (χ4v) is 12.8. The highest BCUT2D eigenvalue weighted by atomic mass is 15.1. The van der Waals surface area contributed by atoms with Crippen LogP contribution in [0.25, 0.3) is 76.1 Å². The molecule has 0 N–H and O–H groups in total. The Morgan fingerprint density at radius 2 is 0.647 bits per heavy atom. The predicted octanol–water partition coefficient (Wildman–Crippen LogP) is 18.4. The van der Waals surface area contributed by atoms with E-state index < -0.39 is 0 Å². The van der Waals surface area contributed by atoms with E-state index in [9.17, 15) is 0 Å². The smallest absolute Gasteiger partial charge is 0.0540 e. The first-order chi connectivity index (χ1) is 33.3. The molecule has 0 radical (unpaired) electrons. The van der Waals surface area contributed by atoms with Gasteiger partial charge >= 0.3 is 0 Å². The monoisotopic (exact) mass is 868 g/mol. The first-order valence-corrected chi connectivity index (χ1v) is 24.0. The van der Waals surface area contributed by atoms with E-state index in [4.69, 9.17) is 0 Å². The average molecular weight is 869 g/mol. The van der Waals surface area contributed by atoms with Crippen molar-refractivity contribution in [2.24, 2.45) is 0 Å². The Morgan fingerprint density at radius 1 is 0.294 bits per heavy atom. The molecule has 0 saturated heterocycles. The van der Waals surface area contributed by atoms with Gasteiger partial charge in [-0.15, -0.1) is 0 Å². The third-order valence-corrected chi connectivity index (χ3v) is 15.7. The maximum Gasteiger partial charge on any atom is 0.0540 e. The number of rotatable bonds is 6. The normalized spacial score (nSPS) is 14.1. The largest absolute Gasteiger partial charge is 0.310 e. The van der Waals surface area contributed by atoms with Crippen LogP contribution >= 0.6 is 0 Å². The zero-order chi connectivity index (χ0) is 45.5. The number of fused-ring (bicyclic) bond motifs is 12. The minimum atomic E-state index is -0.274. The molecular formula is C66H48N2. The average Bonchev–Trinajstić information content (AvgIpc) is 3.77. The van der Waals surface area contributed by atoms with Crippen molar-refractivity contribution in [3.05, 3.63) is 241 Å². The van der Waals surface area contributed by atoms with Crippen LogP contribution in [0.2, 0.25) is 0 Å². The maximum absolute atomic E-state index is 2.49. The molecule has 14 rings (SSSR count). The van der Waals surface area contributed by atoms with Gasteiger partial charge in [-0.3, -0.25) is 0 Å². The van der Waals surface area contributed by atoms with E-state index in [1.807, 2.05) is 0 Å². The zero-order valence-corrected chi connectivity index (χ0v) is 38.7. The lowest BCUT2D eigenvalue weighted by Gasteiger charge is -2.30. The molecule has 68 heavy (non-hydrogen) atoms. The zero-order valence-electron chi connectivity index (χ0n) is 38.7. The van der Waals surface area contributed by atoms with E-state index in [-0.39, 0.29) is 10.8 Å². The third kappa shape index (κ3) is 5.29. The minimum Gasteiger partial charge on any atom is -0.310 e. The predicted molar refractivity (Wildman–Crippen MR) is 290 cm³/mol. The molecule has 2 nitrogen and oxygen atoms in total. The summed E-state index contributed by atoms with van der Waals surface area (Å²) in [6.07, 6.45) is 0. The van der Waals surface area contributed by atoms with E-state index in [0.29, 0.717) is 0 Å². The second-order valence-corrected chi connectivity index (χ2v) is 20.0. The molecule has 0 heterocycles. The van der Waals surface area contributed by atoms with Crippen LogP contribution < -0.4 is 9.80 Å². The Labute approximate surface area is 397 Å². The molecule has 0 fully saturated rings. The second kappa shape index (κ2) is 14.2. The molecule has 2 heteroatoms. The highest BCUT2D eigenvalue weighted by Gasteiger charge is 2.43. The highest BCUT2D eigenvalue weighted by molar-refractivity contribution is 6.33. The van der Waals surface area contributed by atoms with Crippen molar-refractivity contribution in [1.29, 1.82) is 0 Å². The quantitative estimate of drug-likeness (QED) is 0.154. The van der Waals surface area contributed by atoms with Crippen LogP contribution in [0.4, 0.5) is 34.1 Å². The van der Waals surface area contributed by atoms with Crippen LogP contribution in [0.5, 0.6) is 0 Å². The van der Waals surface area contributed by atoms with Gasteiger partial charge in [0.25, 0.3) is 0 Å². The molecule has 12 aromatic rings. The number of benzene rings is 12. The van der Waals surface area contributed by atoms with Gasteiger partial charge in [-0.1, -0.05) is 185 Å². The van der Waals surface area contributed by atoms with Gasteiger partial charge in [0.2, 0.25) is 0 Å². The first-order valence-electron chi connectivity index (χ1n) is 24.0. The molecule has 0 aromatic heterocycles. The number of hydrogen-bond acceptors (Lipinski definition) is 2. The lowest BCUT2D eigenvalue weighted by molar-refractivity contribution is 0.666. The van der Waals surface area contributed by atoms with Crippen molar-refractivity contribution in [1.82, 2.24) is 0 Å². The van der Waals surface area contributed by atoms with Crippen molar-refractivity contribution in [3.63, 3.8) is 0 Å². The van der Waals surface area contributed by atoms with Crippen LogP contribution in [0.3, 0.4) is 0 Å². The third-order valence-electron chi connectivity index (χ3n) is 15.7. The number of anilines is 6. The molecular weight excluding hydrogens is 821 g/mol. The van der Waals surface area contributed by atoms with Gasteiger partial charge in [0, 0.05) is 44.4 Å². The van der Waals surface area contributed by atoms with Gasteiger partial charge in [-0.2, -0.15) is 0 Å². The van der Waals surface area contributed by atoms with Gasteiger partial charge in [0.1, 0.15) is 0 Å². The molecule has 0 bridgehead atoms. The molecule has 0 saturated carbocycles.